The van der Waals surface area contributed by atoms with Crippen LogP contribution in [0.4, 0.5) is 13.2 Å². The van der Waals surface area contributed by atoms with Crippen molar-refractivity contribution < 1.29 is 34.2 Å². The molecule has 130 valence electrons. The van der Waals surface area contributed by atoms with Gasteiger partial charge in [0.2, 0.25) is 10.3 Å². The van der Waals surface area contributed by atoms with E-state index in [0.29, 0.717) is 12.8 Å². The van der Waals surface area contributed by atoms with Crippen molar-refractivity contribution in [3.05, 3.63) is 4.13 Å². The molecule has 0 saturated heterocycles. The molecule has 0 radical (unpaired) electrons. The summed E-state index contributed by atoms with van der Waals surface area (Å²) in [6, 6.07) is 0. The lowest BCUT2D eigenvalue weighted by Crippen LogP contribution is -2.30. The Hall–Kier alpha value is -0.390. The van der Waals surface area contributed by atoms with E-state index in [4.69, 9.17) is 4.18 Å². The van der Waals surface area contributed by atoms with E-state index in [1.54, 1.807) is 0 Å². The molecule has 0 amide bonds. The first-order valence-electron chi connectivity index (χ1n) is 6.60. The summed E-state index contributed by atoms with van der Waals surface area (Å²) in [6.45, 7) is 5.86. The van der Waals surface area contributed by atoms with E-state index in [1.165, 1.54) is 0 Å². The van der Waals surface area contributed by atoms with Gasteiger partial charge in [0, 0.05) is 0 Å². The molecule has 22 heavy (non-hydrogen) atoms. The van der Waals surface area contributed by atoms with E-state index in [0.717, 1.165) is 6.42 Å². The summed E-state index contributed by atoms with van der Waals surface area (Å²) in [6.07, 6.45) is 1.02. The molecule has 0 aromatic carbocycles. The Balaban J connectivity index is 2.16. The summed E-state index contributed by atoms with van der Waals surface area (Å²) in [5.41, 5.74) is -6.21. The molecule has 0 heterocycles. The average molecular weight is 364 g/mol. The molecule has 2 bridgehead atoms. The lowest BCUT2D eigenvalue weighted by Gasteiger charge is -2.33. The SMILES string of the molecule is CC12CCC(C(OS(=O)(=O)[N-]S(=O)(=O)C(F)(F)F)C1)C2(C)C. The van der Waals surface area contributed by atoms with Gasteiger partial charge in [-0.05, 0) is 36.0 Å². The molecular weight excluding hydrogens is 347 g/mol. The van der Waals surface area contributed by atoms with Crippen molar-refractivity contribution in [3.63, 3.8) is 0 Å². The molecule has 2 aliphatic carbocycles. The standard InChI is InChI=1S/C11H17F3NO5S2/c1-9(2)7-4-5-10(9,3)6-8(7)20-22(18,19)15-21(16,17)11(12,13)14/h7-8H,4-6H2,1-3H3/q-1. The first-order chi connectivity index (χ1) is 9.61. The minimum absolute atomic E-state index is 0.170. The van der Waals surface area contributed by atoms with E-state index in [1.807, 2.05) is 24.9 Å². The fraction of sp³-hybridized carbons (Fsp3) is 1.00. The predicted molar refractivity (Wildman–Crippen MR) is 71.4 cm³/mol. The summed E-state index contributed by atoms with van der Waals surface area (Å²) in [5.74, 6) is -0.170. The van der Waals surface area contributed by atoms with Crippen molar-refractivity contribution in [1.82, 2.24) is 0 Å². The number of halogens is 3. The van der Waals surface area contributed by atoms with Gasteiger partial charge in [-0.1, -0.05) is 20.8 Å². The molecule has 2 saturated carbocycles. The fourth-order valence-corrected chi connectivity index (χ4v) is 5.60. The monoisotopic (exact) mass is 364 g/mol. The number of rotatable bonds is 4. The zero-order valence-corrected chi connectivity index (χ0v) is 13.8. The van der Waals surface area contributed by atoms with Crippen LogP contribution >= 0.6 is 0 Å². The highest BCUT2D eigenvalue weighted by Gasteiger charge is 2.61. The highest BCUT2D eigenvalue weighted by molar-refractivity contribution is 8.10. The van der Waals surface area contributed by atoms with E-state index in [-0.39, 0.29) is 16.7 Å². The van der Waals surface area contributed by atoms with Crippen molar-refractivity contribution in [2.75, 3.05) is 0 Å². The molecule has 0 N–H and O–H groups in total. The second-order valence-corrected chi connectivity index (χ2v) is 9.75. The summed E-state index contributed by atoms with van der Waals surface area (Å²) in [4.78, 5) is 0. The van der Waals surface area contributed by atoms with Crippen molar-refractivity contribution in [1.29, 1.82) is 0 Å². The molecule has 2 aliphatic rings. The topological polar surface area (TPSA) is 91.6 Å². The first-order valence-corrected chi connectivity index (χ1v) is 9.41. The minimum atomic E-state index is -6.14. The van der Waals surface area contributed by atoms with E-state index >= 15 is 0 Å². The third-order valence-corrected chi connectivity index (χ3v) is 7.91. The second-order valence-electron chi connectivity index (χ2n) is 6.69. The molecule has 0 aromatic heterocycles. The molecular formula is C11H17F3NO5S2-. The zero-order valence-electron chi connectivity index (χ0n) is 12.2. The maximum Gasteiger partial charge on any atom is 0.480 e. The average Bonchev–Trinajstić information content (AvgIpc) is 2.55. The lowest BCUT2D eigenvalue weighted by molar-refractivity contribution is -0.0425. The van der Waals surface area contributed by atoms with Gasteiger partial charge in [-0.15, -0.1) is 0 Å². The minimum Gasteiger partial charge on any atom is -0.404 e. The molecule has 2 rings (SSSR count). The third kappa shape index (κ3) is 2.76. The highest BCUT2D eigenvalue weighted by Crippen LogP contribution is 2.66. The number of alkyl halides is 3. The van der Waals surface area contributed by atoms with Crippen LogP contribution in [0, 0.1) is 16.7 Å². The lowest BCUT2D eigenvalue weighted by atomic mass is 9.71. The molecule has 0 aliphatic heterocycles. The van der Waals surface area contributed by atoms with Crippen LogP contribution < -0.4 is 0 Å². The fourth-order valence-electron chi connectivity index (χ4n) is 3.64. The van der Waals surface area contributed by atoms with Crippen LogP contribution in [0.1, 0.15) is 40.0 Å². The predicted octanol–water partition coefficient (Wildman–Crippen LogP) is 2.69. The quantitative estimate of drug-likeness (QED) is 0.765. The van der Waals surface area contributed by atoms with Crippen LogP contribution in [-0.4, -0.2) is 28.4 Å². The number of sulfonamides is 1. The summed E-state index contributed by atoms with van der Waals surface area (Å²) >= 11 is 0. The Kier molecular flexibility index (Phi) is 3.92. The Morgan fingerprint density at radius 3 is 2.05 bits per heavy atom. The Morgan fingerprint density at radius 2 is 1.68 bits per heavy atom. The first kappa shape index (κ1) is 18.0. The van der Waals surface area contributed by atoms with E-state index in [2.05, 4.69) is 0 Å². The van der Waals surface area contributed by atoms with Crippen molar-refractivity contribution in [3.8, 4) is 0 Å². The van der Waals surface area contributed by atoms with Gasteiger partial charge in [0.1, 0.15) is 0 Å². The van der Waals surface area contributed by atoms with Gasteiger partial charge in [-0.25, -0.2) is 16.8 Å². The molecule has 0 spiro atoms. The van der Waals surface area contributed by atoms with Crippen molar-refractivity contribution >= 4 is 20.3 Å². The van der Waals surface area contributed by atoms with Gasteiger partial charge in [0.15, 0.2) is 10.0 Å². The Morgan fingerprint density at radius 1 is 1.14 bits per heavy atom. The maximum atomic E-state index is 12.2. The van der Waals surface area contributed by atoms with Gasteiger partial charge in [0.25, 0.3) is 0 Å². The van der Waals surface area contributed by atoms with Crippen molar-refractivity contribution in [2.45, 2.75) is 51.6 Å². The van der Waals surface area contributed by atoms with Gasteiger partial charge >= 0.3 is 5.51 Å². The van der Waals surface area contributed by atoms with Gasteiger partial charge in [0.05, 0.1) is 6.10 Å². The number of hydrogen-bond acceptors (Lipinski definition) is 5. The van der Waals surface area contributed by atoms with Gasteiger partial charge < -0.3 is 4.13 Å². The molecule has 0 aromatic rings. The second kappa shape index (κ2) is 4.81. The maximum absolute atomic E-state index is 12.2. The molecule has 6 nitrogen and oxygen atoms in total. The summed E-state index contributed by atoms with van der Waals surface area (Å²) in [7, 11) is -11.3. The van der Waals surface area contributed by atoms with Crippen LogP contribution in [0.25, 0.3) is 4.13 Å². The molecule has 11 heteroatoms. The van der Waals surface area contributed by atoms with Crippen molar-refractivity contribution in [2.24, 2.45) is 16.7 Å². The summed E-state index contributed by atoms with van der Waals surface area (Å²) in [5, 5.41) is 0. The number of hydrogen-bond donors (Lipinski definition) is 0. The highest BCUT2D eigenvalue weighted by atomic mass is 32.3. The van der Waals surface area contributed by atoms with Crippen LogP contribution in [0.15, 0.2) is 0 Å². The zero-order chi connectivity index (χ0) is 17.2. The van der Waals surface area contributed by atoms with Gasteiger partial charge in [-0.2, -0.15) is 13.2 Å². The largest absolute Gasteiger partial charge is 0.480 e. The molecule has 3 unspecified atom stereocenters. The number of nitrogens with zero attached hydrogens (tertiary/aromatic N) is 1. The smallest absolute Gasteiger partial charge is 0.404 e. The molecule has 3 atom stereocenters. The normalized spacial score (nSPS) is 35.0. The third-order valence-electron chi connectivity index (χ3n) is 5.32. The van der Waals surface area contributed by atoms with E-state index in [9.17, 15) is 30.0 Å². The number of fused-ring (bicyclic) bond motifs is 2. The Labute approximate surface area is 127 Å². The van der Waals surface area contributed by atoms with Gasteiger partial charge in [-0.3, -0.25) is 4.18 Å². The van der Waals surface area contributed by atoms with E-state index < -0.39 is 31.9 Å². The van der Waals surface area contributed by atoms with Crippen LogP contribution in [0.3, 0.4) is 0 Å². The summed E-state index contributed by atoms with van der Waals surface area (Å²) < 4.78 is 88.1. The van der Waals surface area contributed by atoms with Crippen LogP contribution in [0.5, 0.6) is 0 Å². The van der Waals surface area contributed by atoms with Crippen LogP contribution in [-0.2, 0) is 24.5 Å². The molecule has 2 fully saturated rings. The Bertz CT molecular complexity index is 668. The van der Waals surface area contributed by atoms with Crippen LogP contribution in [0.2, 0.25) is 0 Å².